The average Bonchev–Trinajstić information content (AvgIpc) is 2.80. The Morgan fingerprint density at radius 3 is 2.95 bits per heavy atom. The number of imidazole rings is 1. The van der Waals surface area contributed by atoms with Crippen molar-refractivity contribution in [2.45, 2.75) is 19.4 Å². The zero-order chi connectivity index (χ0) is 13.2. The Morgan fingerprint density at radius 2 is 2.24 bits per heavy atom. The highest BCUT2D eigenvalue weighted by atomic mass is 35.5. The summed E-state index contributed by atoms with van der Waals surface area (Å²) in [6.07, 6.45) is 4.26. The van der Waals surface area contributed by atoms with Crippen molar-refractivity contribution in [1.82, 2.24) is 19.6 Å². The summed E-state index contributed by atoms with van der Waals surface area (Å²) in [5.74, 6) is 0.164. The van der Waals surface area contributed by atoms with Crippen molar-refractivity contribution in [2.75, 3.05) is 19.6 Å². The van der Waals surface area contributed by atoms with E-state index in [4.69, 9.17) is 0 Å². The Bertz CT molecular complexity index is 568. The summed E-state index contributed by atoms with van der Waals surface area (Å²) in [5, 5.41) is 3.34. The lowest BCUT2D eigenvalue weighted by atomic mass is 10.2. The van der Waals surface area contributed by atoms with Crippen LogP contribution in [0.25, 0.3) is 5.65 Å². The normalized spacial score (nSPS) is 18.0. The molecule has 116 valence electrons. The number of aromatic nitrogens is 2. The Hall–Kier alpha value is -1.30. The van der Waals surface area contributed by atoms with Gasteiger partial charge in [0.1, 0.15) is 5.65 Å². The lowest BCUT2D eigenvalue weighted by Gasteiger charge is -2.31. The topological polar surface area (TPSA) is 49.6 Å². The van der Waals surface area contributed by atoms with Crippen molar-refractivity contribution >= 4 is 36.4 Å². The first-order valence-electron chi connectivity index (χ1n) is 6.66. The maximum absolute atomic E-state index is 12.2. The van der Waals surface area contributed by atoms with Crippen LogP contribution in [0.5, 0.6) is 0 Å². The smallest absolute Gasteiger partial charge is 0.228 e. The zero-order valence-electron chi connectivity index (χ0n) is 11.9. The molecule has 3 rings (SSSR count). The number of fused-ring (bicyclic) bond motifs is 1. The number of rotatable bonds is 2. The molecule has 0 aliphatic carbocycles. The van der Waals surface area contributed by atoms with Crippen LogP contribution in [0.3, 0.4) is 0 Å². The number of nitrogens with one attached hydrogen (secondary N) is 1. The molecule has 1 aliphatic rings. The predicted molar refractivity (Wildman–Crippen MR) is 87.4 cm³/mol. The van der Waals surface area contributed by atoms with Crippen LogP contribution in [0.2, 0.25) is 0 Å². The van der Waals surface area contributed by atoms with Gasteiger partial charge in [0.05, 0.1) is 12.1 Å². The molecule has 1 N–H and O–H groups in total. The van der Waals surface area contributed by atoms with Crippen LogP contribution in [0.4, 0.5) is 0 Å². The van der Waals surface area contributed by atoms with Gasteiger partial charge in [0.15, 0.2) is 0 Å². The molecule has 1 aliphatic heterocycles. The van der Waals surface area contributed by atoms with E-state index in [0.29, 0.717) is 12.5 Å². The fourth-order valence-electron chi connectivity index (χ4n) is 2.50. The summed E-state index contributed by atoms with van der Waals surface area (Å²) in [7, 11) is 0. The first kappa shape index (κ1) is 17.8. The van der Waals surface area contributed by atoms with Crippen molar-refractivity contribution in [3.05, 3.63) is 36.3 Å². The number of hydrogen-bond acceptors (Lipinski definition) is 3. The van der Waals surface area contributed by atoms with Crippen molar-refractivity contribution in [3.8, 4) is 0 Å². The molecule has 7 heteroatoms. The summed E-state index contributed by atoms with van der Waals surface area (Å²) in [6, 6.07) is 6.23. The van der Waals surface area contributed by atoms with Gasteiger partial charge in [-0.1, -0.05) is 6.07 Å². The predicted octanol–water partition coefficient (Wildman–Crippen LogP) is 1.54. The first-order chi connectivity index (χ1) is 9.22. The first-order valence-corrected chi connectivity index (χ1v) is 6.66. The van der Waals surface area contributed by atoms with E-state index in [9.17, 15) is 4.79 Å². The van der Waals surface area contributed by atoms with Crippen molar-refractivity contribution in [3.63, 3.8) is 0 Å². The minimum Gasteiger partial charge on any atom is -0.340 e. The summed E-state index contributed by atoms with van der Waals surface area (Å²) in [4.78, 5) is 18.6. The van der Waals surface area contributed by atoms with Crippen LogP contribution in [0.1, 0.15) is 12.6 Å². The Kier molecular flexibility index (Phi) is 6.45. The van der Waals surface area contributed by atoms with Gasteiger partial charge in [-0.05, 0) is 19.1 Å². The molecular formula is C14H20Cl2N4O. The molecular weight excluding hydrogens is 311 g/mol. The highest BCUT2D eigenvalue weighted by molar-refractivity contribution is 5.85. The highest BCUT2D eigenvalue weighted by Gasteiger charge is 2.21. The van der Waals surface area contributed by atoms with Gasteiger partial charge in [-0.15, -0.1) is 24.8 Å². The number of halogens is 2. The third-order valence-corrected chi connectivity index (χ3v) is 3.47. The van der Waals surface area contributed by atoms with Crippen molar-refractivity contribution in [1.29, 1.82) is 0 Å². The monoisotopic (exact) mass is 330 g/mol. The minimum atomic E-state index is 0. The minimum absolute atomic E-state index is 0. The molecule has 5 nitrogen and oxygen atoms in total. The molecule has 0 aromatic carbocycles. The van der Waals surface area contributed by atoms with E-state index >= 15 is 0 Å². The van der Waals surface area contributed by atoms with E-state index in [1.54, 1.807) is 0 Å². The number of piperazine rings is 1. The molecule has 1 amide bonds. The molecule has 1 saturated heterocycles. The van der Waals surface area contributed by atoms with Gasteiger partial charge in [0.2, 0.25) is 5.91 Å². The van der Waals surface area contributed by atoms with Gasteiger partial charge < -0.3 is 14.6 Å². The molecule has 2 aromatic rings. The number of amides is 1. The second-order valence-corrected chi connectivity index (χ2v) is 5.07. The van der Waals surface area contributed by atoms with Crippen LogP contribution < -0.4 is 5.32 Å². The molecule has 2 aromatic heterocycles. The summed E-state index contributed by atoms with van der Waals surface area (Å²) >= 11 is 0. The van der Waals surface area contributed by atoms with Crippen LogP contribution in [0.15, 0.2) is 30.6 Å². The fourth-order valence-corrected chi connectivity index (χ4v) is 2.50. The van der Waals surface area contributed by atoms with E-state index in [0.717, 1.165) is 31.0 Å². The van der Waals surface area contributed by atoms with Gasteiger partial charge in [-0.25, -0.2) is 4.98 Å². The highest BCUT2D eigenvalue weighted by Crippen LogP contribution is 2.08. The van der Waals surface area contributed by atoms with E-state index in [2.05, 4.69) is 17.2 Å². The number of carbonyl (C=O) groups is 1. The van der Waals surface area contributed by atoms with Gasteiger partial charge >= 0.3 is 0 Å². The zero-order valence-corrected chi connectivity index (χ0v) is 13.5. The van der Waals surface area contributed by atoms with E-state index in [1.165, 1.54) is 0 Å². The average molecular weight is 331 g/mol. The van der Waals surface area contributed by atoms with Crippen molar-refractivity contribution in [2.24, 2.45) is 0 Å². The quantitative estimate of drug-likeness (QED) is 0.908. The molecule has 0 spiro atoms. The lowest BCUT2D eigenvalue weighted by Crippen LogP contribution is -2.51. The molecule has 1 fully saturated rings. The molecule has 21 heavy (non-hydrogen) atoms. The number of pyridine rings is 1. The fraction of sp³-hybridized carbons (Fsp3) is 0.429. The Balaban J connectivity index is 0.00000110. The molecule has 0 radical (unpaired) electrons. The van der Waals surface area contributed by atoms with Gasteiger partial charge in [0, 0.05) is 38.1 Å². The van der Waals surface area contributed by atoms with Gasteiger partial charge in [0.25, 0.3) is 0 Å². The number of hydrogen-bond donors (Lipinski definition) is 1. The van der Waals surface area contributed by atoms with E-state index in [1.807, 2.05) is 39.9 Å². The number of carbonyl (C=O) groups excluding carboxylic acids is 1. The molecule has 1 atom stereocenters. The molecule has 1 unspecified atom stereocenters. The maximum Gasteiger partial charge on any atom is 0.228 e. The van der Waals surface area contributed by atoms with Gasteiger partial charge in [-0.2, -0.15) is 0 Å². The Labute approximate surface area is 136 Å². The van der Waals surface area contributed by atoms with Gasteiger partial charge in [-0.3, -0.25) is 4.79 Å². The third kappa shape index (κ3) is 4.09. The van der Waals surface area contributed by atoms with E-state index < -0.39 is 0 Å². The van der Waals surface area contributed by atoms with E-state index in [-0.39, 0.29) is 30.7 Å². The summed E-state index contributed by atoms with van der Waals surface area (Å²) < 4.78 is 1.95. The Morgan fingerprint density at radius 1 is 1.43 bits per heavy atom. The third-order valence-electron chi connectivity index (χ3n) is 3.47. The standard InChI is InChI=1S/C14H18N4O.2ClH/c1-11-9-18(7-5-15-11)14(19)8-12-10-17-6-3-2-4-13(17)16-12;;/h2-4,6,10-11,15H,5,7-9H2,1H3;2*1H. The molecule has 0 bridgehead atoms. The summed E-state index contributed by atoms with van der Waals surface area (Å²) in [6.45, 7) is 4.55. The molecule has 3 heterocycles. The second kappa shape index (κ2) is 7.64. The van der Waals surface area contributed by atoms with Crippen molar-refractivity contribution < 1.29 is 4.79 Å². The van der Waals surface area contributed by atoms with Crippen LogP contribution in [-0.2, 0) is 11.2 Å². The SMILES string of the molecule is CC1CN(C(=O)Cc2cn3ccccc3n2)CCN1.Cl.Cl. The molecule has 0 saturated carbocycles. The largest absolute Gasteiger partial charge is 0.340 e. The maximum atomic E-state index is 12.2. The van der Waals surface area contributed by atoms with Crippen LogP contribution >= 0.6 is 24.8 Å². The lowest BCUT2D eigenvalue weighted by molar-refractivity contribution is -0.131. The second-order valence-electron chi connectivity index (χ2n) is 5.07. The summed E-state index contributed by atoms with van der Waals surface area (Å²) in [5.41, 5.74) is 1.72. The van der Waals surface area contributed by atoms with Crippen LogP contribution in [-0.4, -0.2) is 45.9 Å². The number of nitrogens with zero attached hydrogens (tertiary/aromatic N) is 3. The van der Waals surface area contributed by atoms with Crippen LogP contribution in [0, 0.1) is 0 Å².